The Morgan fingerprint density at radius 2 is 2.00 bits per heavy atom. The van der Waals surface area contributed by atoms with Crippen molar-refractivity contribution in [3.63, 3.8) is 0 Å². The molecule has 0 radical (unpaired) electrons. The summed E-state index contributed by atoms with van der Waals surface area (Å²) in [5, 5.41) is 10.9. The van der Waals surface area contributed by atoms with Crippen molar-refractivity contribution in [1.29, 1.82) is 0 Å². The van der Waals surface area contributed by atoms with E-state index in [-0.39, 0.29) is 17.5 Å². The first-order valence-electron chi connectivity index (χ1n) is 7.91. The number of likely N-dealkylation sites (tertiary alicyclic amines) is 1. The average Bonchev–Trinajstić information content (AvgIpc) is 3.24. The summed E-state index contributed by atoms with van der Waals surface area (Å²) >= 11 is 1.56. The van der Waals surface area contributed by atoms with Gasteiger partial charge in [0.15, 0.2) is 0 Å². The first-order chi connectivity index (χ1) is 11.5. The van der Waals surface area contributed by atoms with Crippen molar-refractivity contribution >= 4 is 29.3 Å². The molecule has 0 bridgehead atoms. The molecular formula is C16H19N3O4S. The van der Waals surface area contributed by atoms with Crippen molar-refractivity contribution in [3.05, 3.63) is 39.4 Å². The van der Waals surface area contributed by atoms with E-state index in [0.29, 0.717) is 22.8 Å². The maximum atomic E-state index is 12.8. The molecule has 2 aliphatic rings. The molecule has 0 aromatic heterocycles. The molecule has 1 unspecified atom stereocenters. The lowest BCUT2D eigenvalue weighted by Crippen LogP contribution is -2.48. The summed E-state index contributed by atoms with van der Waals surface area (Å²) in [5.74, 6) is 0.853. The van der Waals surface area contributed by atoms with E-state index in [1.165, 1.54) is 18.2 Å². The third-order valence-corrected chi connectivity index (χ3v) is 5.50. The van der Waals surface area contributed by atoms with Gasteiger partial charge in [-0.15, -0.1) is 11.8 Å². The summed E-state index contributed by atoms with van der Waals surface area (Å²) in [4.78, 5) is 39.3. The quantitative estimate of drug-likeness (QED) is 0.616. The van der Waals surface area contributed by atoms with Gasteiger partial charge in [-0.2, -0.15) is 0 Å². The van der Waals surface area contributed by atoms with Crippen molar-refractivity contribution in [2.45, 2.75) is 25.8 Å². The second-order valence-electron chi connectivity index (χ2n) is 6.08. The van der Waals surface area contributed by atoms with E-state index < -0.39 is 11.0 Å². The van der Waals surface area contributed by atoms with E-state index in [1.54, 1.807) is 23.6 Å². The van der Waals surface area contributed by atoms with Crippen LogP contribution in [0.2, 0.25) is 0 Å². The maximum absolute atomic E-state index is 12.8. The lowest BCUT2D eigenvalue weighted by molar-refractivity contribution is -0.385. The molecule has 2 amide bonds. The Morgan fingerprint density at radius 1 is 1.29 bits per heavy atom. The predicted molar refractivity (Wildman–Crippen MR) is 90.9 cm³/mol. The van der Waals surface area contributed by atoms with Gasteiger partial charge in [-0.05, 0) is 31.9 Å². The minimum atomic E-state index is -0.463. The zero-order valence-corrected chi connectivity index (χ0v) is 14.3. The molecule has 0 N–H and O–H groups in total. The third kappa shape index (κ3) is 3.10. The molecular weight excluding hydrogens is 330 g/mol. The number of carbonyl (C=O) groups is 2. The van der Waals surface area contributed by atoms with Crippen LogP contribution in [0.25, 0.3) is 0 Å². The van der Waals surface area contributed by atoms with Crippen LogP contribution in [0.15, 0.2) is 18.2 Å². The molecule has 2 fully saturated rings. The maximum Gasteiger partial charge on any atom is 0.272 e. The van der Waals surface area contributed by atoms with Gasteiger partial charge in [0.2, 0.25) is 5.91 Å². The van der Waals surface area contributed by atoms with Crippen molar-refractivity contribution in [3.8, 4) is 0 Å². The SMILES string of the molecule is Cc1cc(C(=O)N2CSCC2C(=O)N2CCCC2)ccc1[N+](=O)[O-]. The fraction of sp³-hybridized carbons (Fsp3) is 0.500. The van der Waals surface area contributed by atoms with E-state index in [0.717, 1.165) is 25.9 Å². The fourth-order valence-corrected chi connectivity index (χ4v) is 4.30. The molecule has 2 aliphatic heterocycles. The number of rotatable bonds is 3. The highest BCUT2D eigenvalue weighted by molar-refractivity contribution is 7.99. The van der Waals surface area contributed by atoms with Crippen molar-refractivity contribution in [2.75, 3.05) is 24.7 Å². The highest BCUT2D eigenvalue weighted by Crippen LogP contribution is 2.27. The number of thioether (sulfide) groups is 1. The molecule has 3 rings (SSSR count). The topological polar surface area (TPSA) is 83.8 Å². The van der Waals surface area contributed by atoms with Crippen molar-refractivity contribution in [2.24, 2.45) is 0 Å². The number of nitro benzene ring substituents is 1. The van der Waals surface area contributed by atoms with Crippen LogP contribution in [-0.2, 0) is 4.79 Å². The summed E-state index contributed by atoms with van der Waals surface area (Å²) in [5.41, 5.74) is 0.826. The van der Waals surface area contributed by atoms with Gasteiger partial charge in [-0.3, -0.25) is 19.7 Å². The molecule has 0 spiro atoms. The minimum absolute atomic E-state index is 0.00737. The fourth-order valence-electron chi connectivity index (χ4n) is 3.15. The molecule has 1 atom stereocenters. The Hall–Kier alpha value is -2.09. The summed E-state index contributed by atoms with van der Waals surface area (Å²) in [6, 6.07) is 3.91. The van der Waals surface area contributed by atoms with Crippen molar-refractivity contribution in [1.82, 2.24) is 9.80 Å². The molecule has 1 aromatic rings. The van der Waals surface area contributed by atoms with Gasteiger partial charge in [0.25, 0.3) is 11.6 Å². The summed E-state index contributed by atoms with van der Waals surface area (Å²) in [7, 11) is 0. The van der Waals surface area contributed by atoms with Crippen LogP contribution >= 0.6 is 11.8 Å². The van der Waals surface area contributed by atoms with E-state index in [1.807, 2.05) is 4.90 Å². The molecule has 2 saturated heterocycles. The molecule has 2 heterocycles. The Balaban J connectivity index is 1.79. The van der Waals surface area contributed by atoms with Crippen LogP contribution < -0.4 is 0 Å². The van der Waals surface area contributed by atoms with Gasteiger partial charge in [-0.25, -0.2) is 0 Å². The largest absolute Gasteiger partial charge is 0.341 e. The average molecular weight is 349 g/mol. The molecule has 7 nitrogen and oxygen atoms in total. The number of nitrogens with zero attached hydrogens (tertiary/aromatic N) is 3. The van der Waals surface area contributed by atoms with Crippen LogP contribution in [-0.4, -0.2) is 57.3 Å². The number of aryl methyl sites for hydroxylation is 1. The van der Waals surface area contributed by atoms with Gasteiger partial charge in [0.05, 0.1) is 10.8 Å². The standard InChI is InChI=1S/C16H19N3O4S/c1-11-8-12(4-5-13(11)19(22)23)15(20)18-10-24-9-14(18)16(21)17-6-2-3-7-17/h4-5,8,14H,2-3,6-7,9-10H2,1H3. The van der Waals surface area contributed by atoms with Gasteiger partial charge >= 0.3 is 0 Å². The lowest BCUT2D eigenvalue weighted by atomic mass is 10.1. The summed E-state index contributed by atoms with van der Waals surface area (Å²) in [6.07, 6.45) is 2.03. The Labute approximate surface area is 144 Å². The number of amides is 2. The molecule has 128 valence electrons. The highest BCUT2D eigenvalue weighted by atomic mass is 32.2. The number of hydrogen-bond donors (Lipinski definition) is 0. The number of nitro groups is 1. The molecule has 0 aliphatic carbocycles. The Kier molecular flexibility index (Phi) is 4.75. The van der Waals surface area contributed by atoms with Crippen LogP contribution in [0, 0.1) is 17.0 Å². The van der Waals surface area contributed by atoms with E-state index in [2.05, 4.69) is 0 Å². The summed E-state index contributed by atoms with van der Waals surface area (Å²) < 4.78 is 0. The second-order valence-corrected chi connectivity index (χ2v) is 7.08. The van der Waals surface area contributed by atoms with E-state index >= 15 is 0 Å². The smallest absolute Gasteiger partial charge is 0.272 e. The number of hydrogen-bond acceptors (Lipinski definition) is 5. The third-order valence-electron chi connectivity index (χ3n) is 4.49. The van der Waals surface area contributed by atoms with E-state index in [9.17, 15) is 19.7 Å². The van der Waals surface area contributed by atoms with Crippen LogP contribution in [0.1, 0.15) is 28.8 Å². The monoisotopic (exact) mass is 349 g/mol. The lowest BCUT2D eigenvalue weighted by Gasteiger charge is -2.27. The van der Waals surface area contributed by atoms with Crippen molar-refractivity contribution < 1.29 is 14.5 Å². The Morgan fingerprint density at radius 3 is 2.62 bits per heavy atom. The van der Waals surface area contributed by atoms with Gasteiger partial charge in [-0.1, -0.05) is 0 Å². The molecule has 0 saturated carbocycles. The molecule has 8 heteroatoms. The zero-order valence-electron chi connectivity index (χ0n) is 13.4. The molecule has 24 heavy (non-hydrogen) atoms. The van der Waals surface area contributed by atoms with Crippen LogP contribution in [0.5, 0.6) is 0 Å². The van der Waals surface area contributed by atoms with E-state index in [4.69, 9.17) is 0 Å². The summed E-state index contributed by atoms with van der Waals surface area (Å²) in [6.45, 7) is 3.14. The predicted octanol–water partition coefficient (Wildman–Crippen LogP) is 2.04. The first kappa shape index (κ1) is 16.8. The highest BCUT2D eigenvalue weighted by Gasteiger charge is 2.38. The zero-order chi connectivity index (χ0) is 17.3. The normalized spacial score (nSPS) is 20.5. The second kappa shape index (κ2) is 6.80. The Bertz CT molecular complexity index is 688. The number of carbonyl (C=O) groups excluding carboxylic acids is 2. The number of benzene rings is 1. The van der Waals surface area contributed by atoms with Gasteiger partial charge in [0, 0.05) is 36.0 Å². The van der Waals surface area contributed by atoms with Crippen LogP contribution in [0.4, 0.5) is 5.69 Å². The molecule has 1 aromatic carbocycles. The van der Waals surface area contributed by atoms with Gasteiger partial charge < -0.3 is 9.80 Å². The minimum Gasteiger partial charge on any atom is -0.341 e. The van der Waals surface area contributed by atoms with Crippen LogP contribution in [0.3, 0.4) is 0 Å². The van der Waals surface area contributed by atoms with Gasteiger partial charge in [0.1, 0.15) is 6.04 Å². The first-order valence-corrected chi connectivity index (χ1v) is 9.07.